The lowest BCUT2D eigenvalue weighted by molar-refractivity contribution is 0.149. The maximum Gasteiger partial charge on any atom is 0.319 e. The summed E-state index contributed by atoms with van der Waals surface area (Å²) in [5.74, 6) is 0. The molecule has 0 aromatic carbocycles. The zero-order valence-electron chi connectivity index (χ0n) is 10.6. The lowest BCUT2D eigenvalue weighted by Gasteiger charge is -2.29. The Morgan fingerprint density at radius 2 is 0.900 bits per heavy atom. The molecule has 0 radical (unpaired) electrons. The highest BCUT2D eigenvalue weighted by Gasteiger charge is 2.30. The number of hydrogen-bond acceptors (Lipinski definition) is 3. The Morgan fingerprint density at radius 3 is 1.10 bits per heavy atom. The predicted octanol–water partition coefficient (Wildman–Crippen LogP) is 5.75. The molecular weight excluding hydrogens is 679 g/mol. The van der Waals surface area contributed by atoms with Crippen LogP contribution in [0, 0.1) is 10.8 Å². The summed E-state index contributed by atoms with van der Waals surface area (Å²) < 4.78 is 22.7. The molecule has 3 nitrogen and oxygen atoms in total. The molecule has 0 saturated heterocycles. The molecule has 0 aliphatic carbocycles. The zero-order chi connectivity index (χ0) is 15.6. The maximum atomic E-state index is 11.9. The van der Waals surface area contributed by atoms with Crippen LogP contribution in [0.2, 0.25) is 0 Å². The van der Waals surface area contributed by atoms with Crippen LogP contribution in [0.4, 0.5) is 0 Å². The van der Waals surface area contributed by atoms with Crippen molar-refractivity contribution in [1.82, 2.24) is 0 Å². The van der Waals surface area contributed by atoms with Crippen molar-refractivity contribution in [3.63, 3.8) is 0 Å². The van der Waals surface area contributed by atoms with Crippen molar-refractivity contribution >= 4 is 104 Å². The van der Waals surface area contributed by atoms with E-state index >= 15 is 0 Å². The third-order valence-electron chi connectivity index (χ3n) is 2.69. The fourth-order valence-corrected chi connectivity index (χ4v) is 8.39. The normalized spacial score (nSPS) is 13.2. The third-order valence-corrected chi connectivity index (χ3v) is 10.6. The predicted molar refractivity (Wildman–Crippen MR) is 109 cm³/mol. The number of rotatable bonds is 12. The second kappa shape index (κ2) is 12.4. The smallest absolute Gasteiger partial charge is 0.310 e. The van der Waals surface area contributed by atoms with Crippen molar-refractivity contribution in [2.75, 3.05) is 45.2 Å². The molecule has 0 aromatic heterocycles. The van der Waals surface area contributed by atoms with Gasteiger partial charge in [0, 0.05) is 42.8 Å². The molecule has 0 unspecified atom stereocenters. The third kappa shape index (κ3) is 7.73. The van der Waals surface area contributed by atoms with Crippen LogP contribution in [0.1, 0.15) is 0 Å². The number of alkyl halides is 6. The second-order valence-corrected chi connectivity index (χ2v) is 9.07. The standard InChI is InChI=1S/C10H17Br6O3P/c11-1-9(2-12,3-13)7-18-20(17)19-8-10(4-14,5-15)6-16/h20H,1-8H2. The molecule has 0 amide bonds. The molecule has 0 spiro atoms. The van der Waals surface area contributed by atoms with Crippen LogP contribution in [-0.4, -0.2) is 45.2 Å². The first-order valence-corrected chi connectivity index (χ1v) is 13.6. The van der Waals surface area contributed by atoms with Crippen LogP contribution in [0.15, 0.2) is 0 Å². The van der Waals surface area contributed by atoms with Gasteiger partial charge in [0.2, 0.25) is 0 Å². The Bertz CT molecular complexity index is 244. The molecule has 0 rings (SSSR count). The lowest BCUT2D eigenvalue weighted by atomic mass is 9.98. The van der Waals surface area contributed by atoms with E-state index in [1.807, 2.05) is 0 Å². The van der Waals surface area contributed by atoms with E-state index in [4.69, 9.17) is 9.05 Å². The Hall–Kier alpha value is 3.03. The average Bonchev–Trinajstić information content (AvgIpc) is 2.51. The minimum Gasteiger partial charge on any atom is -0.310 e. The van der Waals surface area contributed by atoms with Crippen molar-refractivity contribution in [1.29, 1.82) is 0 Å². The van der Waals surface area contributed by atoms with Crippen LogP contribution >= 0.6 is 104 Å². The summed E-state index contributed by atoms with van der Waals surface area (Å²) in [6.07, 6.45) is 0. The Labute approximate surface area is 171 Å². The molecule has 0 atom stereocenters. The minimum atomic E-state index is -2.49. The van der Waals surface area contributed by atoms with Crippen LogP contribution in [0.25, 0.3) is 0 Å². The Kier molecular flexibility index (Phi) is 14.3. The van der Waals surface area contributed by atoms with Gasteiger partial charge >= 0.3 is 8.25 Å². The molecule has 10 heteroatoms. The van der Waals surface area contributed by atoms with Gasteiger partial charge in [-0.3, -0.25) is 4.57 Å². The molecule has 0 bridgehead atoms. The van der Waals surface area contributed by atoms with E-state index in [1.165, 1.54) is 0 Å². The van der Waals surface area contributed by atoms with E-state index < -0.39 is 8.25 Å². The van der Waals surface area contributed by atoms with Gasteiger partial charge < -0.3 is 9.05 Å². The number of hydrogen-bond donors (Lipinski definition) is 0. The highest BCUT2D eigenvalue weighted by Crippen LogP contribution is 2.35. The molecule has 20 heavy (non-hydrogen) atoms. The molecule has 0 aromatic rings. The van der Waals surface area contributed by atoms with Gasteiger partial charge in [-0.1, -0.05) is 95.6 Å². The molecule has 0 aliphatic rings. The SMILES string of the molecule is O=[PH](OCC(CBr)(CBr)CBr)OCC(CBr)(CBr)CBr. The monoisotopic (exact) mass is 690 g/mol. The van der Waals surface area contributed by atoms with E-state index in [1.54, 1.807) is 0 Å². The van der Waals surface area contributed by atoms with E-state index in [2.05, 4.69) is 95.6 Å². The Balaban J connectivity index is 4.30. The van der Waals surface area contributed by atoms with Gasteiger partial charge in [-0.05, 0) is 0 Å². The van der Waals surface area contributed by atoms with Crippen LogP contribution < -0.4 is 0 Å². The van der Waals surface area contributed by atoms with Crippen LogP contribution in [0.5, 0.6) is 0 Å². The van der Waals surface area contributed by atoms with Gasteiger partial charge in [-0.15, -0.1) is 0 Å². The average molecular weight is 696 g/mol. The molecule has 122 valence electrons. The molecule has 0 fully saturated rings. The first-order valence-electron chi connectivity index (χ1n) is 5.62. The van der Waals surface area contributed by atoms with E-state index in [-0.39, 0.29) is 10.8 Å². The summed E-state index contributed by atoms with van der Waals surface area (Å²) in [7, 11) is -2.49. The highest BCUT2D eigenvalue weighted by molar-refractivity contribution is 9.10. The molecular formula is C10H17Br6O3P. The van der Waals surface area contributed by atoms with Gasteiger partial charge in [0.15, 0.2) is 0 Å². The molecule has 0 aliphatic heterocycles. The maximum absolute atomic E-state index is 11.9. The fraction of sp³-hybridized carbons (Fsp3) is 1.00. The van der Waals surface area contributed by atoms with Crippen molar-refractivity contribution in [3.05, 3.63) is 0 Å². The van der Waals surface area contributed by atoms with Gasteiger partial charge in [0.05, 0.1) is 13.2 Å². The highest BCUT2D eigenvalue weighted by atomic mass is 79.9. The first kappa shape index (κ1) is 23.0. The van der Waals surface area contributed by atoms with Crippen molar-refractivity contribution in [2.24, 2.45) is 10.8 Å². The summed E-state index contributed by atoms with van der Waals surface area (Å²) in [5, 5.41) is 4.50. The van der Waals surface area contributed by atoms with E-state index in [0.717, 1.165) is 32.0 Å². The van der Waals surface area contributed by atoms with E-state index in [0.29, 0.717) is 13.2 Å². The van der Waals surface area contributed by atoms with Gasteiger partial charge in [0.25, 0.3) is 0 Å². The lowest BCUT2D eigenvalue weighted by Crippen LogP contribution is -2.33. The topological polar surface area (TPSA) is 35.5 Å². The fourth-order valence-electron chi connectivity index (χ4n) is 0.911. The summed E-state index contributed by atoms with van der Waals surface area (Å²) in [6, 6.07) is 0. The van der Waals surface area contributed by atoms with Crippen LogP contribution in [-0.2, 0) is 13.6 Å². The molecule has 0 saturated carbocycles. The molecule has 0 N–H and O–H groups in total. The summed E-state index contributed by atoms with van der Waals surface area (Å²) in [6.45, 7) is 0.743. The molecule has 0 heterocycles. The number of halogens is 6. The minimum absolute atomic E-state index is 0.124. The second-order valence-electron chi connectivity index (χ2n) is 4.63. The van der Waals surface area contributed by atoms with Crippen molar-refractivity contribution < 1.29 is 13.6 Å². The summed E-state index contributed by atoms with van der Waals surface area (Å²) in [5.41, 5.74) is -0.248. The van der Waals surface area contributed by atoms with Gasteiger partial charge in [-0.2, -0.15) is 0 Å². The first-order chi connectivity index (χ1) is 9.46. The van der Waals surface area contributed by atoms with Gasteiger partial charge in [-0.25, -0.2) is 0 Å². The van der Waals surface area contributed by atoms with Crippen molar-refractivity contribution in [3.8, 4) is 0 Å². The Morgan fingerprint density at radius 1 is 0.650 bits per heavy atom. The zero-order valence-corrected chi connectivity index (χ0v) is 21.2. The van der Waals surface area contributed by atoms with Crippen LogP contribution in [0.3, 0.4) is 0 Å². The largest absolute Gasteiger partial charge is 0.319 e. The van der Waals surface area contributed by atoms with Crippen molar-refractivity contribution in [2.45, 2.75) is 0 Å². The van der Waals surface area contributed by atoms with E-state index in [9.17, 15) is 4.57 Å². The van der Waals surface area contributed by atoms with Gasteiger partial charge in [0.1, 0.15) is 0 Å². The summed E-state index contributed by atoms with van der Waals surface area (Å²) in [4.78, 5) is 0. The summed E-state index contributed by atoms with van der Waals surface area (Å²) >= 11 is 20.7. The quantitative estimate of drug-likeness (QED) is 0.193.